The minimum Gasteiger partial charge on any atom is -0.418 e. The molecule has 0 amide bonds. The van der Waals surface area contributed by atoms with Crippen molar-refractivity contribution in [3.05, 3.63) is 53.0 Å². The molecule has 0 saturated heterocycles. The predicted octanol–water partition coefficient (Wildman–Crippen LogP) is 3.68. The van der Waals surface area contributed by atoms with Gasteiger partial charge in [-0.05, 0) is 13.0 Å². The summed E-state index contributed by atoms with van der Waals surface area (Å²) in [6.07, 6.45) is 1.53. The summed E-state index contributed by atoms with van der Waals surface area (Å²) in [7, 11) is 0. The lowest BCUT2D eigenvalue weighted by molar-refractivity contribution is 0.554. The number of rotatable bonds is 4. The first-order valence-corrected chi connectivity index (χ1v) is 6.10. The van der Waals surface area contributed by atoms with Gasteiger partial charge in [0.2, 0.25) is 11.6 Å². The highest BCUT2D eigenvalue weighted by atomic mass is 35.5. The van der Waals surface area contributed by atoms with Crippen LogP contribution < -0.4 is 5.43 Å². The van der Waals surface area contributed by atoms with E-state index in [-0.39, 0.29) is 11.6 Å². The lowest BCUT2D eigenvalue weighted by Gasteiger charge is -1.97. The quantitative estimate of drug-likeness (QED) is 0.687. The van der Waals surface area contributed by atoms with E-state index in [1.54, 1.807) is 13.0 Å². The molecule has 0 unspecified atom stereocenters. The Bertz CT molecular complexity index is 712. The average Bonchev–Trinajstić information content (AvgIpc) is 2.84. The van der Waals surface area contributed by atoms with E-state index in [0.29, 0.717) is 16.5 Å². The van der Waals surface area contributed by atoms with Crippen LogP contribution in [0, 0.1) is 11.3 Å². The maximum atomic E-state index is 8.96. The number of aromatic nitrogens is 1. The molecule has 1 aromatic carbocycles. The smallest absolute Gasteiger partial charge is 0.252 e. The van der Waals surface area contributed by atoms with Crippen molar-refractivity contribution in [2.75, 3.05) is 5.43 Å². The van der Waals surface area contributed by atoms with Crippen LogP contribution in [0.2, 0.25) is 5.02 Å². The maximum absolute atomic E-state index is 8.96. The zero-order valence-electron chi connectivity index (χ0n) is 10.7. The molecule has 20 heavy (non-hydrogen) atoms. The number of oxazole rings is 1. The Balaban J connectivity index is 2.17. The van der Waals surface area contributed by atoms with Gasteiger partial charge in [0.1, 0.15) is 6.07 Å². The number of halogens is 1. The summed E-state index contributed by atoms with van der Waals surface area (Å²) in [5.74, 6) is 0.478. The minimum absolute atomic E-state index is 0.124. The van der Waals surface area contributed by atoms with Gasteiger partial charge in [0.15, 0.2) is 0 Å². The van der Waals surface area contributed by atoms with Crippen LogP contribution in [0.25, 0.3) is 5.57 Å². The number of anilines is 1. The zero-order valence-corrected chi connectivity index (χ0v) is 11.5. The lowest BCUT2D eigenvalue weighted by atomic mass is 10.2. The zero-order chi connectivity index (χ0) is 14.5. The van der Waals surface area contributed by atoms with Gasteiger partial charge in [-0.2, -0.15) is 15.3 Å². The SMILES string of the molecule is C=C(C)c1nc(C#N)c(N/N=C\c2ccccc2Cl)o1. The number of nitrogens with zero attached hydrogens (tertiary/aromatic N) is 3. The van der Waals surface area contributed by atoms with Crippen LogP contribution in [0.15, 0.2) is 40.4 Å². The molecule has 0 bridgehead atoms. The predicted molar refractivity (Wildman–Crippen MR) is 78.6 cm³/mol. The van der Waals surface area contributed by atoms with E-state index < -0.39 is 0 Å². The highest BCUT2D eigenvalue weighted by Crippen LogP contribution is 2.21. The molecule has 0 atom stereocenters. The lowest BCUT2D eigenvalue weighted by Crippen LogP contribution is -1.91. The highest BCUT2D eigenvalue weighted by molar-refractivity contribution is 6.33. The number of hydrogen-bond donors (Lipinski definition) is 1. The van der Waals surface area contributed by atoms with Crippen molar-refractivity contribution in [2.24, 2.45) is 5.10 Å². The standard InChI is InChI=1S/C14H11ClN4O/c1-9(2)13-18-12(7-16)14(20-13)19-17-8-10-5-3-4-6-11(10)15/h3-6,8,19H,1H2,2H3/b17-8-. The summed E-state index contributed by atoms with van der Waals surface area (Å²) in [4.78, 5) is 3.98. The Hall–Kier alpha value is -2.58. The minimum atomic E-state index is 0.124. The van der Waals surface area contributed by atoms with Gasteiger partial charge in [-0.1, -0.05) is 36.4 Å². The van der Waals surface area contributed by atoms with Crippen LogP contribution >= 0.6 is 11.6 Å². The second-order valence-corrected chi connectivity index (χ2v) is 4.39. The molecule has 1 N–H and O–H groups in total. The fourth-order valence-electron chi connectivity index (χ4n) is 1.39. The number of benzene rings is 1. The Morgan fingerprint density at radius 2 is 2.30 bits per heavy atom. The fraction of sp³-hybridized carbons (Fsp3) is 0.0714. The fourth-order valence-corrected chi connectivity index (χ4v) is 1.58. The van der Waals surface area contributed by atoms with E-state index in [1.165, 1.54) is 6.21 Å². The molecule has 1 heterocycles. The van der Waals surface area contributed by atoms with Gasteiger partial charge in [0.05, 0.1) is 6.21 Å². The Kier molecular flexibility index (Phi) is 4.18. The molecule has 0 aliphatic rings. The average molecular weight is 287 g/mol. The van der Waals surface area contributed by atoms with Gasteiger partial charge < -0.3 is 4.42 Å². The third kappa shape index (κ3) is 3.05. The second-order valence-electron chi connectivity index (χ2n) is 3.98. The molecule has 100 valence electrons. The first-order chi connectivity index (χ1) is 9.61. The van der Waals surface area contributed by atoms with Crippen LogP contribution in [-0.2, 0) is 0 Å². The van der Waals surface area contributed by atoms with Gasteiger partial charge in [-0.15, -0.1) is 0 Å². The molecule has 0 fully saturated rings. The molecular weight excluding hydrogens is 276 g/mol. The molecule has 0 aliphatic carbocycles. The first-order valence-electron chi connectivity index (χ1n) is 5.72. The summed E-state index contributed by atoms with van der Waals surface area (Å²) < 4.78 is 5.34. The number of nitriles is 1. The van der Waals surface area contributed by atoms with Crippen LogP contribution in [0.3, 0.4) is 0 Å². The van der Waals surface area contributed by atoms with Crippen LogP contribution in [-0.4, -0.2) is 11.2 Å². The molecule has 2 rings (SSSR count). The third-order valence-electron chi connectivity index (χ3n) is 2.37. The molecule has 0 radical (unpaired) electrons. The van der Waals surface area contributed by atoms with Crippen LogP contribution in [0.5, 0.6) is 0 Å². The largest absolute Gasteiger partial charge is 0.418 e. The van der Waals surface area contributed by atoms with E-state index in [1.807, 2.05) is 24.3 Å². The van der Waals surface area contributed by atoms with Gasteiger partial charge in [0, 0.05) is 16.2 Å². The summed E-state index contributed by atoms with van der Waals surface area (Å²) in [5.41, 5.74) is 4.14. The number of hydrazone groups is 1. The molecule has 6 heteroatoms. The maximum Gasteiger partial charge on any atom is 0.252 e. The number of hydrogen-bond acceptors (Lipinski definition) is 5. The summed E-state index contributed by atoms with van der Waals surface area (Å²) in [6.45, 7) is 5.44. The van der Waals surface area contributed by atoms with E-state index in [4.69, 9.17) is 21.3 Å². The molecule has 0 saturated carbocycles. The molecule has 2 aromatic rings. The Labute approximate surface area is 121 Å². The van der Waals surface area contributed by atoms with Crippen molar-refractivity contribution in [2.45, 2.75) is 6.92 Å². The molecule has 1 aromatic heterocycles. The summed E-state index contributed by atoms with van der Waals surface area (Å²) in [6, 6.07) is 9.18. The normalized spacial score (nSPS) is 10.4. The molecule has 0 aliphatic heterocycles. The van der Waals surface area contributed by atoms with Crippen LogP contribution in [0.4, 0.5) is 5.88 Å². The van der Waals surface area contributed by atoms with Crippen molar-refractivity contribution in [1.82, 2.24) is 4.98 Å². The van der Waals surface area contributed by atoms with E-state index >= 15 is 0 Å². The van der Waals surface area contributed by atoms with Crippen LogP contribution in [0.1, 0.15) is 24.1 Å². The Morgan fingerprint density at radius 3 is 2.95 bits per heavy atom. The van der Waals surface area contributed by atoms with Gasteiger partial charge >= 0.3 is 0 Å². The Morgan fingerprint density at radius 1 is 1.55 bits per heavy atom. The number of allylic oxidation sites excluding steroid dienone is 1. The first kappa shape index (κ1) is 13.8. The van der Waals surface area contributed by atoms with E-state index in [2.05, 4.69) is 22.1 Å². The van der Waals surface area contributed by atoms with Crippen molar-refractivity contribution < 1.29 is 4.42 Å². The van der Waals surface area contributed by atoms with Crippen molar-refractivity contribution >= 4 is 29.3 Å². The van der Waals surface area contributed by atoms with Crippen molar-refractivity contribution in [3.8, 4) is 6.07 Å². The van der Waals surface area contributed by atoms with Gasteiger partial charge in [-0.3, -0.25) is 0 Å². The third-order valence-corrected chi connectivity index (χ3v) is 2.72. The van der Waals surface area contributed by atoms with Gasteiger partial charge in [-0.25, -0.2) is 5.43 Å². The van der Waals surface area contributed by atoms with Crippen molar-refractivity contribution in [3.63, 3.8) is 0 Å². The van der Waals surface area contributed by atoms with Gasteiger partial charge in [0.25, 0.3) is 5.88 Å². The van der Waals surface area contributed by atoms with E-state index in [0.717, 1.165) is 5.56 Å². The molecule has 0 spiro atoms. The second kappa shape index (κ2) is 6.04. The highest BCUT2D eigenvalue weighted by Gasteiger charge is 2.12. The summed E-state index contributed by atoms with van der Waals surface area (Å²) in [5, 5.41) is 13.5. The summed E-state index contributed by atoms with van der Waals surface area (Å²) >= 11 is 5.99. The number of nitrogens with one attached hydrogen (secondary N) is 1. The molecular formula is C14H11ClN4O. The van der Waals surface area contributed by atoms with E-state index in [9.17, 15) is 0 Å². The molecule has 5 nitrogen and oxygen atoms in total. The topological polar surface area (TPSA) is 74.2 Å². The van der Waals surface area contributed by atoms with Crippen molar-refractivity contribution in [1.29, 1.82) is 5.26 Å². The monoisotopic (exact) mass is 286 g/mol.